The van der Waals surface area contributed by atoms with Gasteiger partial charge in [-0.15, -0.1) is 0 Å². The summed E-state index contributed by atoms with van der Waals surface area (Å²) in [6.07, 6.45) is 70.0. The molecule has 5 nitrogen and oxygen atoms in total. The maximum atomic E-state index is 12.8. The third kappa shape index (κ3) is 49.5. The van der Waals surface area contributed by atoms with Crippen molar-refractivity contribution in [3.63, 3.8) is 0 Å². The maximum absolute atomic E-state index is 12.8. The minimum absolute atomic E-state index is 0.0475. The summed E-state index contributed by atoms with van der Waals surface area (Å²) in [6, 6.07) is 0. The highest BCUT2D eigenvalue weighted by molar-refractivity contribution is 5.70. The van der Waals surface area contributed by atoms with Crippen molar-refractivity contribution in [2.45, 2.75) is 232 Å². The molecule has 0 fully saturated rings. The number of ether oxygens (including phenoxy) is 3. The topological polar surface area (TPSA) is 61.8 Å². The fraction of sp³-hybridized carbons (Fsp3) is 0.684. The monoisotopic (exact) mass is 861 g/mol. The van der Waals surface area contributed by atoms with Crippen LogP contribution in [-0.2, 0) is 23.8 Å². The summed E-state index contributed by atoms with van der Waals surface area (Å²) < 4.78 is 17.3. The molecule has 354 valence electrons. The number of esters is 2. The number of carbonyl (C=O) groups is 2. The first-order valence-corrected chi connectivity index (χ1v) is 25.8. The van der Waals surface area contributed by atoms with E-state index in [9.17, 15) is 9.59 Å². The van der Waals surface area contributed by atoms with Crippen LogP contribution >= 0.6 is 0 Å². The first-order valence-electron chi connectivity index (χ1n) is 25.8. The van der Waals surface area contributed by atoms with Crippen LogP contribution in [0.2, 0.25) is 0 Å². The van der Waals surface area contributed by atoms with Crippen LogP contribution in [0.15, 0.2) is 97.2 Å². The fourth-order valence-corrected chi connectivity index (χ4v) is 6.88. The lowest BCUT2D eigenvalue weighted by atomic mass is 10.0. The number of hydrogen-bond donors (Lipinski definition) is 0. The van der Waals surface area contributed by atoms with Crippen molar-refractivity contribution in [3.8, 4) is 0 Å². The van der Waals surface area contributed by atoms with E-state index in [1.807, 2.05) is 0 Å². The molecule has 0 spiro atoms. The molecule has 0 radical (unpaired) electrons. The molecule has 1 atom stereocenters. The molecule has 0 amide bonds. The highest BCUT2D eigenvalue weighted by atomic mass is 16.6. The quantitative estimate of drug-likeness (QED) is 0.0347. The van der Waals surface area contributed by atoms with Gasteiger partial charge in [-0.2, -0.15) is 0 Å². The first kappa shape index (κ1) is 58.8. The zero-order valence-corrected chi connectivity index (χ0v) is 40.6. The Labute approximate surface area is 383 Å². The van der Waals surface area contributed by atoms with Crippen LogP contribution in [0.4, 0.5) is 0 Å². The van der Waals surface area contributed by atoms with Gasteiger partial charge in [0, 0.05) is 12.8 Å². The maximum Gasteiger partial charge on any atom is 0.306 e. The van der Waals surface area contributed by atoms with E-state index in [0.29, 0.717) is 19.4 Å². The zero-order valence-electron chi connectivity index (χ0n) is 40.6. The molecule has 0 saturated carbocycles. The molecule has 5 heteroatoms. The molecular formula is C57H96O5. The Morgan fingerprint density at radius 3 is 1.16 bits per heavy atom. The number of carbonyl (C=O) groups excluding carboxylic acids is 2. The molecule has 0 aromatic rings. The predicted molar refractivity (Wildman–Crippen MR) is 270 cm³/mol. The fourth-order valence-electron chi connectivity index (χ4n) is 6.88. The second-order valence-corrected chi connectivity index (χ2v) is 16.7. The zero-order chi connectivity index (χ0) is 44.9. The summed E-state index contributed by atoms with van der Waals surface area (Å²) in [5.74, 6) is -0.449. The van der Waals surface area contributed by atoms with Gasteiger partial charge in [0.15, 0.2) is 6.10 Å². The lowest BCUT2D eigenvalue weighted by Crippen LogP contribution is -2.30. The van der Waals surface area contributed by atoms with E-state index in [1.54, 1.807) is 0 Å². The van der Waals surface area contributed by atoms with E-state index in [2.05, 4.69) is 118 Å². The van der Waals surface area contributed by atoms with E-state index in [4.69, 9.17) is 14.2 Å². The van der Waals surface area contributed by atoms with Crippen LogP contribution in [0.25, 0.3) is 0 Å². The normalized spacial score (nSPS) is 13.0. The summed E-state index contributed by atoms with van der Waals surface area (Å²) in [7, 11) is 0. The molecule has 1 unspecified atom stereocenters. The Balaban J connectivity index is 4.39. The van der Waals surface area contributed by atoms with Gasteiger partial charge < -0.3 is 14.2 Å². The van der Waals surface area contributed by atoms with Crippen molar-refractivity contribution in [2.24, 2.45) is 0 Å². The van der Waals surface area contributed by atoms with Crippen LogP contribution in [0.5, 0.6) is 0 Å². The summed E-state index contributed by atoms with van der Waals surface area (Å²) in [5.41, 5.74) is 0. The molecule has 62 heavy (non-hydrogen) atoms. The third-order valence-corrected chi connectivity index (χ3v) is 10.6. The van der Waals surface area contributed by atoms with Gasteiger partial charge in [0.2, 0.25) is 0 Å². The van der Waals surface area contributed by atoms with Crippen molar-refractivity contribution in [3.05, 3.63) is 97.2 Å². The molecule has 0 aromatic heterocycles. The Bertz CT molecular complexity index is 1200. The van der Waals surface area contributed by atoms with Crippen LogP contribution in [0.3, 0.4) is 0 Å². The van der Waals surface area contributed by atoms with Gasteiger partial charge >= 0.3 is 11.9 Å². The molecule has 0 heterocycles. The van der Waals surface area contributed by atoms with Gasteiger partial charge in [0.25, 0.3) is 0 Å². The first-order chi connectivity index (χ1) is 30.6. The largest absolute Gasteiger partial charge is 0.462 e. The molecule has 0 aliphatic heterocycles. The predicted octanol–water partition coefficient (Wildman–Crippen LogP) is 17.5. The van der Waals surface area contributed by atoms with E-state index < -0.39 is 6.10 Å². The van der Waals surface area contributed by atoms with Gasteiger partial charge in [-0.3, -0.25) is 9.59 Å². The van der Waals surface area contributed by atoms with Gasteiger partial charge in [0.05, 0.1) is 13.2 Å². The van der Waals surface area contributed by atoms with Crippen LogP contribution in [0, 0.1) is 0 Å². The van der Waals surface area contributed by atoms with Crippen LogP contribution < -0.4 is 0 Å². The minimum Gasteiger partial charge on any atom is -0.462 e. The van der Waals surface area contributed by atoms with Gasteiger partial charge in [-0.1, -0.05) is 227 Å². The number of rotatable bonds is 46. The van der Waals surface area contributed by atoms with Gasteiger partial charge in [-0.25, -0.2) is 0 Å². The average molecular weight is 861 g/mol. The SMILES string of the molecule is CC/C=C\C/C=C\C/C=C\C/C=C\C/C=C\CCOCC(COC(=O)CCCCCCCCC/C=C\C/C=C\C/C=C\CC)OC(=O)CCCCCCCCCCCCCCC. The van der Waals surface area contributed by atoms with Crippen molar-refractivity contribution in [1.29, 1.82) is 0 Å². The highest BCUT2D eigenvalue weighted by Gasteiger charge is 2.17. The van der Waals surface area contributed by atoms with Gasteiger partial charge in [-0.05, 0) is 83.5 Å². The molecule has 0 bridgehead atoms. The molecule has 0 N–H and O–H groups in total. The Morgan fingerprint density at radius 2 is 0.726 bits per heavy atom. The lowest BCUT2D eigenvalue weighted by molar-refractivity contribution is -0.162. The van der Waals surface area contributed by atoms with E-state index >= 15 is 0 Å². The molecule has 0 rings (SSSR count). The number of hydrogen-bond acceptors (Lipinski definition) is 5. The lowest BCUT2D eigenvalue weighted by Gasteiger charge is -2.18. The Hall–Kier alpha value is -3.18. The van der Waals surface area contributed by atoms with Crippen molar-refractivity contribution >= 4 is 11.9 Å². The second-order valence-electron chi connectivity index (χ2n) is 16.7. The van der Waals surface area contributed by atoms with Crippen LogP contribution in [0.1, 0.15) is 226 Å². The molecular weight excluding hydrogens is 765 g/mol. The number of unbranched alkanes of at least 4 members (excludes halogenated alkanes) is 19. The highest BCUT2D eigenvalue weighted by Crippen LogP contribution is 2.14. The third-order valence-electron chi connectivity index (χ3n) is 10.6. The summed E-state index contributed by atoms with van der Waals surface area (Å²) in [5, 5.41) is 0. The van der Waals surface area contributed by atoms with Crippen LogP contribution in [-0.4, -0.2) is 37.9 Å². The van der Waals surface area contributed by atoms with Crippen molar-refractivity contribution < 1.29 is 23.8 Å². The van der Waals surface area contributed by atoms with E-state index in [1.165, 1.54) is 89.9 Å². The summed E-state index contributed by atoms with van der Waals surface area (Å²) >= 11 is 0. The van der Waals surface area contributed by atoms with Crippen molar-refractivity contribution in [1.82, 2.24) is 0 Å². The average Bonchev–Trinajstić information content (AvgIpc) is 3.27. The Morgan fingerprint density at radius 1 is 0.371 bits per heavy atom. The van der Waals surface area contributed by atoms with Gasteiger partial charge in [0.1, 0.15) is 6.61 Å². The number of allylic oxidation sites excluding steroid dienone is 15. The van der Waals surface area contributed by atoms with Crippen molar-refractivity contribution in [2.75, 3.05) is 19.8 Å². The molecule has 0 aromatic carbocycles. The molecule has 0 aliphatic carbocycles. The standard InChI is InChI=1S/C57H96O5/c1-4-7-10-13-16-19-22-25-27-29-30-33-35-38-41-44-47-50-56(58)61-54-55(62-57(59)51-48-45-42-39-36-32-24-21-18-15-12-9-6-3)53-60-52-49-46-43-40-37-34-31-28-26-23-20-17-14-11-8-5-2/h7-8,10-11,16-17,19-20,25-28,34,37,43,46,55H,4-6,9,12-15,18,21-24,29-33,35-36,38-42,44-45,47-54H2,1-3H3/b10-7-,11-8-,19-16-,20-17-,27-25-,28-26-,37-34-,46-43-. The summed E-state index contributed by atoms with van der Waals surface area (Å²) in [4.78, 5) is 25.4. The second kappa shape index (κ2) is 52.2. The van der Waals surface area contributed by atoms with E-state index in [-0.39, 0.29) is 25.2 Å². The molecule has 0 aliphatic rings. The summed E-state index contributed by atoms with van der Waals surface area (Å²) in [6.45, 7) is 7.39. The van der Waals surface area contributed by atoms with E-state index in [0.717, 1.165) is 103 Å². The Kier molecular flexibility index (Phi) is 49.5. The smallest absolute Gasteiger partial charge is 0.306 e. The minimum atomic E-state index is -0.582. The molecule has 0 saturated heterocycles.